The predicted molar refractivity (Wildman–Crippen MR) is 134 cm³/mol. The van der Waals surface area contributed by atoms with Crippen molar-refractivity contribution in [2.75, 3.05) is 5.43 Å². The summed E-state index contributed by atoms with van der Waals surface area (Å²) >= 11 is 1.51. The van der Waals surface area contributed by atoms with Crippen molar-refractivity contribution in [3.63, 3.8) is 0 Å². The van der Waals surface area contributed by atoms with Crippen molar-refractivity contribution >= 4 is 28.4 Å². The van der Waals surface area contributed by atoms with Gasteiger partial charge in [0.15, 0.2) is 11.2 Å². The van der Waals surface area contributed by atoms with Gasteiger partial charge >= 0.3 is 5.69 Å². The highest BCUT2D eigenvalue weighted by Crippen LogP contribution is 2.21. The minimum Gasteiger partial charge on any atom is -0.311 e. The van der Waals surface area contributed by atoms with Crippen LogP contribution >= 0.6 is 11.3 Å². The second kappa shape index (κ2) is 8.64. The summed E-state index contributed by atoms with van der Waals surface area (Å²) in [5.41, 5.74) is 6.12. The first-order valence-corrected chi connectivity index (χ1v) is 11.5. The predicted octanol–water partition coefficient (Wildman–Crippen LogP) is 2.48. The van der Waals surface area contributed by atoms with Gasteiger partial charge in [0.2, 0.25) is 10.7 Å². The number of fused-ring (bicyclic) bond motifs is 1. The summed E-state index contributed by atoms with van der Waals surface area (Å²) in [6.07, 6.45) is 0. The smallest absolute Gasteiger partial charge is 0.311 e. The van der Waals surface area contributed by atoms with E-state index >= 15 is 0 Å². The van der Waals surface area contributed by atoms with Crippen LogP contribution in [0.15, 0.2) is 80.7 Å². The number of hydrogen-bond acceptors (Lipinski definition) is 6. The molecule has 0 spiro atoms. The van der Waals surface area contributed by atoms with Crippen molar-refractivity contribution in [3.05, 3.63) is 97.2 Å². The molecule has 0 radical (unpaired) electrons. The fourth-order valence-corrected chi connectivity index (χ4v) is 4.76. The van der Waals surface area contributed by atoms with E-state index in [2.05, 4.69) is 49.7 Å². The Morgan fingerprint density at radius 2 is 1.59 bits per heavy atom. The molecule has 0 aliphatic heterocycles. The lowest BCUT2D eigenvalue weighted by atomic mass is 10.1. The lowest BCUT2D eigenvalue weighted by Crippen LogP contribution is -2.37. The lowest BCUT2D eigenvalue weighted by molar-refractivity contribution is 0.705. The van der Waals surface area contributed by atoms with Crippen molar-refractivity contribution in [2.24, 2.45) is 26.2 Å². The Balaban J connectivity index is 1.61. The number of hydrogen-bond donors (Lipinski definition) is 1. The van der Waals surface area contributed by atoms with E-state index in [1.54, 1.807) is 18.7 Å². The molecule has 0 bridgehead atoms. The van der Waals surface area contributed by atoms with Crippen molar-refractivity contribution in [1.82, 2.24) is 23.3 Å². The SMILES string of the molecule is Cn1c(=O)c2c(nc(N/N=c3/scc(-c4ccccc4)n3Cc3ccccc3)n2C)n(C)c1=O. The van der Waals surface area contributed by atoms with Gasteiger partial charge in [-0.1, -0.05) is 60.7 Å². The molecule has 0 unspecified atom stereocenters. The van der Waals surface area contributed by atoms with Gasteiger partial charge in [0.1, 0.15) is 0 Å². The number of aryl methyl sites for hydroxylation is 2. The summed E-state index contributed by atoms with van der Waals surface area (Å²) in [5.74, 6) is 0.370. The number of nitrogens with zero attached hydrogens (tertiary/aromatic N) is 6. The lowest BCUT2D eigenvalue weighted by Gasteiger charge is -2.09. The maximum absolute atomic E-state index is 12.7. The topological polar surface area (TPSA) is 91.1 Å². The highest BCUT2D eigenvalue weighted by molar-refractivity contribution is 7.07. The molecule has 0 saturated carbocycles. The molecule has 1 N–H and O–H groups in total. The van der Waals surface area contributed by atoms with E-state index in [0.717, 1.165) is 26.2 Å². The second-order valence-electron chi connectivity index (χ2n) is 7.94. The minimum atomic E-state index is -0.425. The van der Waals surface area contributed by atoms with Crippen molar-refractivity contribution in [3.8, 4) is 11.3 Å². The van der Waals surface area contributed by atoms with Crippen LogP contribution in [-0.4, -0.2) is 23.3 Å². The third-order valence-corrected chi connectivity index (χ3v) is 6.64. The molecule has 3 heterocycles. The molecular formula is C24H23N7O2S. The van der Waals surface area contributed by atoms with E-state index < -0.39 is 11.2 Å². The van der Waals surface area contributed by atoms with E-state index in [0.29, 0.717) is 23.7 Å². The van der Waals surface area contributed by atoms with Crippen LogP contribution in [0.1, 0.15) is 5.56 Å². The third kappa shape index (κ3) is 3.67. The van der Waals surface area contributed by atoms with Crippen LogP contribution in [-0.2, 0) is 27.7 Å². The summed E-state index contributed by atoms with van der Waals surface area (Å²) in [6, 6.07) is 20.4. The third-order valence-electron chi connectivity index (χ3n) is 5.78. The molecule has 5 rings (SSSR count). The maximum atomic E-state index is 12.7. The maximum Gasteiger partial charge on any atom is 0.332 e. The van der Waals surface area contributed by atoms with Crippen LogP contribution in [0, 0.1) is 0 Å². The highest BCUT2D eigenvalue weighted by atomic mass is 32.1. The summed E-state index contributed by atoms with van der Waals surface area (Å²) < 4.78 is 6.19. The van der Waals surface area contributed by atoms with Gasteiger partial charge in [-0.3, -0.25) is 13.9 Å². The second-order valence-corrected chi connectivity index (χ2v) is 8.77. The molecule has 10 heteroatoms. The van der Waals surface area contributed by atoms with Crippen LogP contribution < -0.4 is 21.5 Å². The fourth-order valence-electron chi connectivity index (χ4n) is 3.89. The Bertz CT molecular complexity index is 1670. The van der Waals surface area contributed by atoms with Crippen LogP contribution in [0.3, 0.4) is 0 Å². The first kappa shape index (κ1) is 21.7. The fraction of sp³-hybridized carbons (Fsp3) is 0.167. The van der Waals surface area contributed by atoms with Crippen LogP contribution in [0.25, 0.3) is 22.4 Å². The van der Waals surface area contributed by atoms with Gasteiger partial charge < -0.3 is 9.13 Å². The first-order chi connectivity index (χ1) is 16.5. The van der Waals surface area contributed by atoms with Crippen LogP contribution in [0.2, 0.25) is 0 Å². The van der Waals surface area contributed by atoms with Gasteiger partial charge in [0.05, 0.1) is 12.2 Å². The van der Waals surface area contributed by atoms with Crippen molar-refractivity contribution in [1.29, 1.82) is 0 Å². The van der Waals surface area contributed by atoms with Gasteiger partial charge in [-0.15, -0.1) is 16.4 Å². The Morgan fingerprint density at radius 3 is 2.29 bits per heavy atom. The molecule has 2 aromatic carbocycles. The minimum absolute atomic E-state index is 0.307. The number of rotatable bonds is 5. The molecule has 5 aromatic rings. The van der Waals surface area contributed by atoms with Crippen LogP contribution in [0.4, 0.5) is 5.95 Å². The Hall–Kier alpha value is -4.18. The molecule has 34 heavy (non-hydrogen) atoms. The van der Waals surface area contributed by atoms with Gasteiger partial charge in [-0.2, -0.15) is 4.98 Å². The number of imidazole rings is 1. The summed E-state index contributed by atoms with van der Waals surface area (Å²) in [7, 11) is 4.77. The van der Waals surface area contributed by atoms with E-state index in [1.807, 2.05) is 36.4 Å². The number of aromatic nitrogens is 5. The molecule has 9 nitrogen and oxygen atoms in total. The number of thiazole rings is 1. The van der Waals surface area contributed by atoms with Gasteiger partial charge in [0, 0.05) is 26.5 Å². The Kier molecular flexibility index (Phi) is 5.50. The van der Waals surface area contributed by atoms with Crippen molar-refractivity contribution in [2.45, 2.75) is 6.54 Å². The number of anilines is 1. The number of nitrogens with one attached hydrogen (secondary N) is 1. The van der Waals surface area contributed by atoms with Gasteiger partial charge in [-0.25, -0.2) is 10.2 Å². The van der Waals surface area contributed by atoms with E-state index in [-0.39, 0.29) is 0 Å². The summed E-state index contributed by atoms with van der Waals surface area (Å²) in [4.78, 5) is 30.2. The standard InChI is InChI=1S/C24H23N7O2S/c1-28-19-20(29(2)24(33)30(3)21(19)32)25-22(28)26-27-23-31(14-16-10-6-4-7-11-16)18(15-34-23)17-12-8-5-9-13-17/h4-13,15H,14H2,1-3H3,(H,25,26)/b27-23+. The highest BCUT2D eigenvalue weighted by Gasteiger charge is 2.17. The quantitative estimate of drug-likeness (QED) is 0.397. The molecule has 0 amide bonds. The van der Waals surface area contributed by atoms with Crippen molar-refractivity contribution < 1.29 is 0 Å². The Morgan fingerprint density at radius 1 is 0.912 bits per heavy atom. The van der Waals surface area contributed by atoms with Gasteiger partial charge in [-0.05, 0) is 11.1 Å². The number of benzene rings is 2. The molecule has 172 valence electrons. The average molecular weight is 474 g/mol. The molecule has 0 aliphatic carbocycles. The Labute approximate surface area is 198 Å². The molecule has 0 saturated heterocycles. The van der Waals surface area contributed by atoms with E-state index in [9.17, 15) is 9.59 Å². The molecule has 0 atom stereocenters. The van der Waals surface area contributed by atoms with E-state index in [4.69, 9.17) is 0 Å². The average Bonchev–Trinajstić information content (AvgIpc) is 3.41. The zero-order valence-corrected chi connectivity index (χ0v) is 19.8. The van der Waals surface area contributed by atoms with Crippen LogP contribution in [0.5, 0.6) is 0 Å². The van der Waals surface area contributed by atoms with E-state index in [1.165, 1.54) is 23.0 Å². The molecular weight excluding hydrogens is 450 g/mol. The first-order valence-electron chi connectivity index (χ1n) is 10.7. The molecule has 0 aliphatic rings. The normalized spacial score (nSPS) is 11.9. The van der Waals surface area contributed by atoms with Gasteiger partial charge in [0.25, 0.3) is 5.56 Å². The molecule has 3 aromatic heterocycles. The zero-order chi connectivity index (χ0) is 23.8. The summed E-state index contributed by atoms with van der Waals surface area (Å²) in [5, 5.41) is 6.71. The summed E-state index contributed by atoms with van der Waals surface area (Å²) in [6.45, 7) is 0.646. The molecule has 0 fully saturated rings. The zero-order valence-electron chi connectivity index (χ0n) is 19.0. The monoisotopic (exact) mass is 473 g/mol. The largest absolute Gasteiger partial charge is 0.332 e.